The van der Waals surface area contributed by atoms with E-state index in [-0.39, 0.29) is 184 Å². The third-order valence-corrected chi connectivity index (χ3v) is 0.341. The fourth-order valence-electron chi connectivity index (χ4n) is 0.163. The molecule has 11 heteroatoms. The number of carbonyl (C=O) groups is 3. The quantitative estimate of drug-likeness (QED) is 0.226. The molecule has 0 unspecified atom stereocenters. The van der Waals surface area contributed by atoms with Crippen LogP contribution in [0, 0.1) is 0 Å². The Balaban J connectivity index is -0.0000000675. The average molecular weight is 471 g/mol. The van der Waals surface area contributed by atoms with Crippen LogP contribution in [0.15, 0.2) is 0 Å². The van der Waals surface area contributed by atoms with Crippen molar-refractivity contribution in [2.75, 3.05) is 0 Å². The molecule has 0 aromatic heterocycles. The van der Waals surface area contributed by atoms with Crippen molar-refractivity contribution < 1.29 is 34.1 Å². The second-order valence-corrected chi connectivity index (χ2v) is 0.986. The number of ether oxygens (including phenoxy) is 2. The van der Waals surface area contributed by atoms with Crippen molar-refractivity contribution in [3.8, 4) is 0 Å². The number of hydrogen-bond donors (Lipinski definition) is 2. The minimum Gasteiger partial charge on any atom is 0.316 e. The van der Waals surface area contributed by atoms with Gasteiger partial charge in [-0.3, -0.25) is 0 Å². The zero-order valence-corrected chi connectivity index (χ0v) is 4.44. The van der Waals surface area contributed by atoms with Gasteiger partial charge in [0.05, 0.1) is 0 Å². The van der Waals surface area contributed by atoms with Gasteiger partial charge >= 0.3 is 202 Å². The molecule has 0 spiro atoms. The summed E-state index contributed by atoms with van der Waals surface area (Å²) in [6.07, 6.45) is -5.64. The second-order valence-electron chi connectivity index (χ2n) is 0.986. The van der Waals surface area contributed by atoms with Gasteiger partial charge in [-0.2, -0.15) is 0 Å². The Morgan fingerprint density at radius 2 is 1.00 bits per heavy atom. The van der Waals surface area contributed by atoms with E-state index in [1.54, 1.807) is 0 Å². The Kier molecular flexibility index (Phi) is 42.1. The van der Waals surface area contributed by atoms with Gasteiger partial charge in [-0.15, -0.1) is 0 Å². The summed E-state index contributed by atoms with van der Waals surface area (Å²) >= 11 is 0. The van der Waals surface area contributed by atoms with E-state index in [1.165, 1.54) is 0 Å². The van der Waals surface area contributed by atoms with Crippen LogP contribution in [0.25, 0.3) is 0 Å². The molecule has 0 saturated carbocycles. The van der Waals surface area contributed by atoms with Crippen LogP contribution in [0.4, 0.5) is 14.4 Å². The normalized spacial score (nSPS) is 5.71. The maximum absolute atomic E-state index is 9.86. The van der Waals surface area contributed by atoms with Gasteiger partial charge in [-0.1, -0.05) is 0 Å². The van der Waals surface area contributed by atoms with E-state index >= 15 is 0 Å². The molecule has 0 fully saturated rings. The summed E-state index contributed by atoms with van der Waals surface area (Å²) in [5.74, 6) is 0. The van der Waals surface area contributed by atoms with Crippen molar-refractivity contribution >= 4 is 202 Å². The van der Waals surface area contributed by atoms with Crippen LogP contribution >= 0.6 is 0 Å². The molecule has 0 aromatic rings. The van der Waals surface area contributed by atoms with Crippen molar-refractivity contribution in [2.45, 2.75) is 0 Å². The smallest absolute Gasteiger partial charge is 0.316 e. The minimum atomic E-state index is -1.92. The molecule has 0 aliphatic heterocycles. The summed E-state index contributed by atoms with van der Waals surface area (Å²) in [5.41, 5.74) is 0. The summed E-state index contributed by atoms with van der Waals surface area (Å²) in [6, 6.07) is 0. The van der Waals surface area contributed by atoms with Crippen molar-refractivity contribution in [3.63, 3.8) is 0 Å². The monoisotopic (exact) mass is 470 g/mol. The Labute approximate surface area is 229 Å². The van der Waals surface area contributed by atoms with Crippen LogP contribution in [-0.2, 0) is 9.47 Å². The summed E-state index contributed by atoms with van der Waals surface area (Å²) in [4.78, 5) is 28.8. The standard InChI is InChI=1S/C3H2O7.2Cs.2Mg.6H/c4-1(5)9-3(8)10-2(6)7;;;;;;;;;;/h(H,4,5)(H,6,7);;;;;;;;;;. The maximum Gasteiger partial charge on any atom is 0.316 e. The van der Waals surface area contributed by atoms with Gasteiger partial charge in [0.15, 0.2) is 0 Å². The van der Waals surface area contributed by atoms with Crippen LogP contribution in [0.3, 0.4) is 0 Å². The van der Waals surface area contributed by atoms with Crippen molar-refractivity contribution in [1.82, 2.24) is 0 Å². The van der Waals surface area contributed by atoms with Gasteiger partial charge in [0.25, 0.3) is 0 Å². The van der Waals surface area contributed by atoms with Gasteiger partial charge in [0.1, 0.15) is 0 Å². The SMILES string of the molecule is O=C(O)OC(=O)OC(=O)O.[CsH].[CsH].[MgH2].[MgH2]. The summed E-state index contributed by atoms with van der Waals surface area (Å²) in [7, 11) is 0. The fraction of sp³-hybridized carbons (Fsp3) is 0. The zero-order valence-electron chi connectivity index (χ0n) is 4.44. The number of hydrogen-bond acceptors (Lipinski definition) is 5. The predicted molar refractivity (Wildman–Crippen MR) is 55.0 cm³/mol. The third-order valence-electron chi connectivity index (χ3n) is 0.341. The van der Waals surface area contributed by atoms with Crippen molar-refractivity contribution in [2.24, 2.45) is 0 Å². The van der Waals surface area contributed by atoms with Crippen LogP contribution in [-0.4, -0.2) is 213 Å². The van der Waals surface area contributed by atoms with E-state index < -0.39 is 18.5 Å². The van der Waals surface area contributed by atoms with Gasteiger partial charge in [-0.05, 0) is 0 Å². The molecular weight excluding hydrogens is 462 g/mol. The molecule has 0 aromatic carbocycles. The molecule has 2 N–H and O–H groups in total. The molecule has 0 radical (unpaired) electrons. The van der Waals surface area contributed by atoms with E-state index in [0.717, 1.165) is 0 Å². The maximum atomic E-state index is 9.86. The molecule has 7 nitrogen and oxygen atoms in total. The molecule has 68 valence electrons. The van der Waals surface area contributed by atoms with Crippen LogP contribution < -0.4 is 0 Å². The number of rotatable bonds is 0. The number of carbonyl (C=O) groups excluding carboxylic acids is 1. The molecule has 0 saturated heterocycles. The van der Waals surface area contributed by atoms with Gasteiger partial charge < -0.3 is 19.7 Å². The van der Waals surface area contributed by atoms with E-state index in [4.69, 9.17) is 10.2 Å². The Hall–Kier alpha value is 3.85. The number of carboxylic acid groups (broad SMARTS) is 2. The average Bonchev–Trinajstić information content (AvgIpc) is 1.58. The molecule has 0 aliphatic rings. The topological polar surface area (TPSA) is 110 Å². The first-order valence-corrected chi connectivity index (χ1v) is 1.88. The second kappa shape index (κ2) is 19.2. The molecule has 0 atom stereocenters. The van der Waals surface area contributed by atoms with Crippen molar-refractivity contribution in [1.29, 1.82) is 0 Å². The van der Waals surface area contributed by atoms with Gasteiger partial charge in [0.2, 0.25) is 0 Å². The first kappa shape index (κ1) is 30.7. The van der Waals surface area contributed by atoms with E-state index in [9.17, 15) is 14.4 Å². The first-order valence-electron chi connectivity index (χ1n) is 1.88. The first-order chi connectivity index (χ1) is 4.52. The Morgan fingerprint density at radius 3 is 1.14 bits per heavy atom. The zero-order chi connectivity index (χ0) is 8.15. The molecule has 0 aliphatic carbocycles. The van der Waals surface area contributed by atoms with Gasteiger partial charge in [-0.25, -0.2) is 14.4 Å². The molecular formula is C3H8Cs2Mg2O7. The summed E-state index contributed by atoms with van der Waals surface area (Å²) in [5, 5.41) is 15.4. The molecule has 0 heterocycles. The van der Waals surface area contributed by atoms with Crippen LogP contribution in [0.2, 0.25) is 0 Å². The minimum absolute atomic E-state index is 0. The van der Waals surface area contributed by atoms with E-state index in [1.807, 2.05) is 0 Å². The Bertz CT molecular complexity index is 168. The van der Waals surface area contributed by atoms with Crippen molar-refractivity contribution in [3.05, 3.63) is 0 Å². The molecule has 0 rings (SSSR count). The van der Waals surface area contributed by atoms with Gasteiger partial charge in [0, 0.05) is 0 Å². The van der Waals surface area contributed by atoms with E-state index in [0.29, 0.717) is 0 Å². The molecule has 0 amide bonds. The summed E-state index contributed by atoms with van der Waals surface area (Å²) < 4.78 is 6.47. The largest absolute Gasteiger partial charge is 0.316 e. The predicted octanol–water partition coefficient (Wildman–Crippen LogP) is -2.63. The Morgan fingerprint density at radius 1 is 0.786 bits per heavy atom. The third kappa shape index (κ3) is 24.9. The van der Waals surface area contributed by atoms with Crippen LogP contribution in [0.5, 0.6) is 0 Å². The molecule has 14 heavy (non-hydrogen) atoms. The van der Waals surface area contributed by atoms with Crippen LogP contribution in [0.1, 0.15) is 0 Å². The fourth-order valence-corrected chi connectivity index (χ4v) is 0.163. The molecule has 0 bridgehead atoms. The summed E-state index contributed by atoms with van der Waals surface area (Å²) in [6.45, 7) is 0. The van der Waals surface area contributed by atoms with E-state index in [2.05, 4.69) is 9.47 Å².